The van der Waals surface area contributed by atoms with Crippen molar-refractivity contribution >= 4 is 0 Å². The lowest BCUT2D eigenvalue weighted by molar-refractivity contribution is -0.141. The molecule has 0 saturated carbocycles. The molecule has 0 N–H and O–H groups in total. The Morgan fingerprint density at radius 1 is 1.00 bits per heavy atom. The van der Waals surface area contributed by atoms with Gasteiger partial charge in [-0.25, -0.2) is 4.98 Å². The number of halogens is 3. The molecule has 1 aromatic heterocycles. The van der Waals surface area contributed by atoms with E-state index >= 15 is 0 Å². The number of hydrogen-bond donors (Lipinski definition) is 0. The van der Waals surface area contributed by atoms with Gasteiger partial charge in [0.05, 0.1) is 6.20 Å². The normalized spacial score (nSPS) is 12.3. The van der Waals surface area contributed by atoms with Crippen LogP contribution in [0.3, 0.4) is 0 Å². The molecule has 0 fully saturated rings. The average molecular weight is 309 g/mol. The van der Waals surface area contributed by atoms with Crippen LogP contribution in [-0.4, -0.2) is 4.98 Å². The molecule has 2 nitrogen and oxygen atoms in total. The molecule has 118 valence electrons. The van der Waals surface area contributed by atoms with Crippen molar-refractivity contribution in [2.45, 2.75) is 39.3 Å². The molecule has 0 bridgehead atoms. The highest BCUT2D eigenvalue weighted by molar-refractivity contribution is 5.41. The maximum Gasteiger partial charge on any atom is 0.433 e. The molecule has 2 aromatic rings. The minimum absolute atomic E-state index is 0.0375. The van der Waals surface area contributed by atoms with Gasteiger partial charge >= 0.3 is 6.18 Å². The summed E-state index contributed by atoms with van der Waals surface area (Å²) in [5.74, 6) is 0.899. The molecular formula is C17H18F3NO. The van der Waals surface area contributed by atoms with Crippen LogP contribution in [-0.2, 0) is 11.6 Å². The van der Waals surface area contributed by atoms with Crippen molar-refractivity contribution < 1.29 is 17.9 Å². The molecule has 0 atom stereocenters. The molecule has 1 aromatic carbocycles. The van der Waals surface area contributed by atoms with E-state index in [1.165, 1.54) is 6.07 Å². The first-order valence-electron chi connectivity index (χ1n) is 6.89. The highest BCUT2D eigenvalue weighted by atomic mass is 19.4. The molecular weight excluding hydrogens is 291 g/mol. The molecule has 0 saturated heterocycles. The van der Waals surface area contributed by atoms with E-state index in [1.54, 1.807) is 0 Å². The van der Waals surface area contributed by atoms with Gasteiger partial charge in [-0.3, -0.25) is 0 Å². The molecule has 1 heterocycles. The summed E-state index contributed by atoms with van der Waals surface area (Å²) in [7, 11) is 0. The minimum Gasteiger partial charge on any atom is -0.455 e. The van der Waals surface area contributed by atoms with Crippen LogP contribution in [0, 0.1) is 6.92 Å². The van der Waals surface area contributed by atoms with Crippen molar-refractivity contribution in [3.05, 3.63) is 53.3 Å². The summed E-state index contributed by atoms with van der Waals surface area (Å²) >= 11 is 0. The van der Waals surface area contributed by atoms with Crippen LogP contribution in [0.25, 0.3) is 0 Å². The fraction of sp³-hybridized carbons (Fsp3) is 0.353. The second kappa shape index (κ2) is 5.63. The van der Waals surface area contributed by atoms with E-state index in [9.17, 15) is 13.2 Å². The highest BCUT2D eigenvalue weighted by Crippen LogP contribution is 2.32. The molecule has 0 aliphatic heterocycles. The lowest BCUT2D eigenvalue weighted by Gasteiger charge is -2.20. The lowest BCUT2D eigenvalue weighted by Crippen LogP contribution is -2.11. The fourth-order valence-corrected chi connectivity index (χ4v) is 1.91. The number of aromatic nitrogens is 1. The Balaban J connectivity index is 2.27. The molecule has 0 unspecified atom stereocenters. The largest absolute Gasteiger partial charge is 0.455 e. The Labute approximate surface area is 128 Å². The summed E-state index contributed by atoms with van der Waals surface area (Å²) in [6.45, 7) is 8.14. The van der Waals surface area contributed by atoms with Crippen molar-refractivity contribution in [2.75, 3.05) is 0 Å². The first-order valence-corrected chi connectivity index (χ1v) is 6.89. The van der Waals surface area contributed by atoms with Gasteiger partial charge in [0.2, 0.25) is 0 Å². The standard InChI is InChI=1S/C17H18F3NO/c1-11-5-6-12(16(2,3)4)9-14(11)22-13-7-8-15(21-10-13)17(18,19)20/h5-10H,1-4H3. The van der Waals surface area contributed by atoms with Crippen LogP contribution in [0.2, 0.25) is 0 Å². The summed E-state index contributed by atoms with van der Waals surface area (Å²) in [5.41, 5.74) is 1.03. The number of aryl methyl sites for hydroxylation is 1. The van der Waals surface area contributed by atoms with Crippen LogP contribution >= 0.6 is 0 Å². The van der Waals surface area contributed by atoms with Gasteiger partial charge in [-0.05, 0) is 41.7 Å². The van der Waals surface area contributed by atoms with Gasteiger partial charge in [0.15, 0.2) is 0 Å². The predicted octanol–water partition coefficient (Wildman–Crippen LogP) is 5.50. The SMILES string of the molecule is Cc1ccc(C(C)(C)C)cc1Oc1ccc(C(F)(F)F)nc1. The molecule has 0 aliphatic rings. The summed E-state index contributed by atoms with van der Waals surface area (Å²) < 4.78 is 43.2. The Bertz CT molecular complexity index is 655. The van der Waals surface area contributed by atoms with Crippen molar-refractivity contribution in [3.8, 4) is 11.5 Å². The molecule has 22 heavy (non-hydrogen) atoms. The minimum atomic E-state index is -4.44. The summed E-state index contributed by atoms with van der Waals surface area (Å²) in [5, 5.41) is 0. The third kappa shape index (κ3) is 3.78. The van der Waals surface area contributed by atoms with Crippen LogP contribution in [0.1, 0.15) is 37.6 Å². The van der Waals surface area contributed by atoms with Crippen molar-refractivity contribution in [3.63, 3.8) is 0 Å². The Morgan fingerprint density at radius 3 is 2.18 bits per heavy atom. The van der Waals surface area contributed by atoms with E-state index in [0.717, 1.165) is 23.4 Å². The molecule has 0 amide bonds. The molecule has 5 heteroatoms. The Morgan fingerprint density at radius 2 is 1.68 bits per heavy atom. The lowest BCUT2D eigenvalue weighted by atomic mass is 9.86. The van der Waals surface area contributed by atoms with E-state index < -0.39 is 11.9 Å². The number of alkyl halides is 3. The summed E-state index contributed by atoms with van der Waals surface area (Å²) in [6.07, 6.45) is -3.35. The first kappa shape index (κ1) is 16.3. The zero-order valence-corrected chi connectivity index (χ0v) is 13.0. The second-order valence-electron chi connectivity index (χ2n) is 6.21. The van der Waals surface area contributed by atoms with Gasteiger partial charge in [0, 0.05) is 0 Å². The maximum absolute atomic E-state index is 12.5. The summed E-state index contributed by atoms with van der Waals surface area (Å²) in [4.78, 5) is 3.40. The van der Waals surface area contributed by atoms with Crippen LogP contribution in [0.4, 0.5) is 13.2 Å². The number of nitrogens with zero attached hydrogens (tertiary/aromatic N) is 1. The summed E-state index contributed by atoms with van der Waals surface area (Å²) in [6, 6.07) is 8.06. The van der Waals surface area contributed by atoms with Crippen molar-refractivity contribution in [2.24, 2.45) is 0 Å². The van der Waals surface area contributed by atoms with E-state index in [1.807, 2.05) is 25.1 Å². The Hall–Kier alpha value is -2.04. The van der Waals surface area contributed by atoms with Crippen molar-refractivity contribution in [1.82, 2.24) is 4.98 Å². The molecule has 0 aliphatic carbocycles. The van der Waals surface area contributed by atoms with Gasteiger partial charge in [-0.2, -0.15) is 13.2 Å². The molecule has 2 rings (SSSR count). The van der Waals surface area contributed by atoms with E-state index in [-0.39, 0.29) is 11.2 Å². The highest BCUT2D eigenvalue weighted by Gasteiger charge is 2.32. The van der Waals surface area contributed by atoms with Gasteiger partial charge in [-0.15, -0.1) is 0 Å². The second-order valence-corrected chi connectivity index (χ2v) is 6.21. The number of benzene rings is 1. The zero-order chi connectivity index (χ0) is 16.5. The average Bonchev–Trinajstić information content (AvgIpc) is 2.39. The van der Waals surface area contributed by atoms with E-state index in [2.05, 4.69) is 25.8 Å². The van der Waals surface area contributed by atoms with Crippen LogP contribution in [0.15, 0.2) is 36.5 Å². The topological polar surface area (TPSA) is 22.1 Å². The third-order valence-corrected chi connectivity index (χ3v) is 3.31. The maximum atomic E-state index is 12.5. The zero-order valence-electron chi connectivity index (χ0n) is 13.0. The van der Waals surface area contributed by atoms with E-state index in [0.29, 0.717) is 5.75 Å². The van der Waals surface area contributed by atoms with E-state index in [4.69, 9.17) is 4.74 Å². The fourth-order valence-electron chi connectivity index (χ4n) is 1.91. The molecule has 0 radical (unpaired) electrons. The van der Waals surface area contributed by atoms with Crippen molar-refractivity contribution in [1.29, 1.82) is 0 Å². The van der Waals surface area contributed by atoms with Crippen LogP contribution in [0.5, 0.6) is 11.5 Å². The number of hydrogen-bond acceptors (Lipinski definition) is 2. The quantitative estimate of drug-likeness (QED) is 0.731. The van der Waals surface area contributed by atoms with Gasteiger partial charge in [-0.1, -0.05) is 32.9 Å². The number of rotatable bonds is 2. The van der Waals surface area contributed by atoms with Crippen LogP contribution < -0.4 is 4.74 Å². The van der Waals surface area contributed by atoms with Gasteiger partial charge in [0.1, 0.15) is 17.2 Å². The van der Waals surface area contributed by atoms with Gasteiger partial charge in [0.25, 0.3) is 0 Å². The predicted molar refractivity (Wildman–Crippen MR) is 79.2 cm³/mol. The third-order valence-electron chi connectivity index (χ3n) is 3.31. The monoisotopic (exact) mass is 309 g/mol. The first-order chi connectivity index (χ1) is 10.1. The van der Waals surface area contributed by atoms with Gasteiger partial charge < -0.3 is 4.74 Å². The smallest absolute Gasteiger partial charge is 0.433 e. The Kier molecular flexibility index (Phi) is 4.18. The number of ether oxygens (including phenoxy) is 1. The molecule has 0 spiro atoms. The number of pyridine rings is 1.